The molecule has 0 aliphatic carbocycles. The van der Waals surface area contributed by atoms with Gasteiger partial charge in [-0.2, -0.15) is 0 Å². The summed E-state index contributed by atoms with van der Waals surface area (Å²) in [5, 5.41) is 2.71. The van der Waals surface area contributed by atoms with E-state index in [0.717, 1.165) is 12.8 Å². The molecule has 0 bridgehead atoms. The van der Waals surface area contributed by atoms with E-state index in [1.54, 1.807) is 4.90 Å². The fourth-order valence-electron chi connectivity index (χ4n) is 1.81. The topological polar surface area (TPSA) is 67.9 Å². The molecular weight excluding hydrogens is 236 g/mol. The van der Waals surface area contributed by atoms with Crippen molar-refractivity contribution < 1.29 is 19.1 Å². The Kier molecular flexibility index (Phi) is 4.81. The summed E-state index contributed by atoms with van der Waals surface area (Å²) in [6.45, 7) is 6.62. The van der Waals surface area contributed by atoms with Gasteiger partial charge in [-0.1, -0.05) is 0 Å². The highest BCUT2D eigenvalue weighted by Crippen LogP contribution is 2.15. The molecule has 0 aromatic carbocycles. The van der Waals surface area contributed by atoms with Crippen molar-refractivity contribution >= 4 is 12.2 Å². The minimum atomic E-state index is -0.500. The van der Waals surface area contributed by atoms with Crippen molar-refractivity contribution in [3.63, 3.8) is 0 Å². The zero-order chi connectivity index (χ0) is 13.8. The molecule has 6 heteroatoms. The third-order valence-corrected chi connectivity index (χ3v) is 2.58. The first-order valence-corrected chi connectivity index (χ1v) is 6.14. The summed E-state index contributed by atoms with van der Waals surface area (Å²) in [5.41, 5.74) is -0.500. The highest BCUT2D eigenvalue weighted by Gasteiger charge is 2.28. The second-order valence-electron chi connectivity index (χ2n) is 5.40. The molecule has 6 nitrogen and oxygen atoms in total. The first kappa shape index (κ1) is 14.6. The van der Waals surface area contributed by atoms with Gasteiger partial charge in [0.15, 0.2) is 0 Å². The van der Waals surface area contributed by atoms with Gasteiger partial charge in [0.2, 0.25) is 0 Å². The number of methoxy groups -OCH3 is 1. The second kappa shape index (κ2) is 5.93. The number of amides is 2. The van der Waals surface area contributed by atoms with Gasteiger partial charge in [0.1, 0.15) is 5.60 Å². The van der Waals surface area contributed by atoms with Crippen molar-refractivity contribution in [1.82, 2.24) is 10.2 Å². The first-order chi connectivity index (χ1) is 8.31. The highest BCUT2D eigenvalue weighted by atomic mass is 16.6. The number of hydrogen-bond acceptors (Lipinski definition) is 4. The third-order valence-electron chi connectivity index (χ3n) is 2.58. The second-order valence-corrected chi connectivity index (χ2v) is 5.40. The predicted octanol–water partition coefficient (Wildman–Crippen LogP) is 1.74. The molecule has 104 valence electrons. The first-order valence-electron chi connectivity index (χ1n) is 6.14. The van der Waals surface area contributed by atoms with Crippen LogP contribution in [0.5, 0.6) is 0 Å². The Hall–Kier alpha value is -1.46. The van der Waals surface area contributed by atoms with E-state index in [9.17, 15) is 9.59 Å². The lowest BCUT2D eigenvalue weighted by Crippen LogP contribution is -2.50. The lowest BCUT2D eigenvalue weighted by atomic mass is 10.1. The van der Waals surface area contributed by atoms with E-state index in [1.807, 2.05) is 20.8 Å². The maximum absolute atomic E-state index is 11.9. The largest absolute Gasteiger partial charge is 0.453 e. The lowest BCUT2D eigenvalue weighted by Gasteiger charge is -2.34. The average molecular weight is 258 g/mol. The van der Waals surface area contributed by atoms with Gasteiger partial charge in [0.25, 0.3) is 0 Å². The maximum Gasteiger partial charge on any atom is 0.410 e. The Bertz CT molecular complexity index is 312. The zero-order valence-corrected chi connectivity index (χ0v) is 11.5. The molecule has 1 atom stereocenters. The number of nitrogens with one attached hydrogen (secondary N) is 1. The fourth-order valence-corrected chi connectivity index (χ4v) is 1.81. The van der Waals surface area contributed by atoms with Crippen molar-refractivity contribution in [2.24, 2.45) is 0 Å². The summed E-state index contributed by atoms with van der Waals surface area (Å²) in [5.74, 6) is 0. The Labute approximate surface area is 108 Å². The van der Waals surface area contributed by atoms with Crippen LogP contribution in [0.4, 0.5) is 9.59 Å². The lowest BCUT2D eigenvalue weighted by molar-refractivity contribution is 0.0186. The van der Waals surface area contributed by atoms with E-state index in [1.165, 1.54) is 7.11 Å². The zero-order valence-electron chi connectivity index (χ0n) is 11.5. The number of alkyl carbamates (subject to hydrolysis) is 1. The molecule has 0 unspecified atom stereocenters. The maximum atomic E-state index is 11.9. The molecule has 2 amide bonds. The standard InChI is InChI=1S/C12H22N2O4/c1-12(2,3)18-11(16)14-7-5-6-9(8-14)13-10(15)17-4/h9H,5-8H2,1-4H3,(H,13,15)/t9-/m1/s1. The molecule has 1 fully saturated rings. The van der Waals surface area contributed by atoms with Crippen LogP contribution in [0.15, 0.2) is 0 Å². The van der Waals surface area contributed by atoms with Crippen LogP contribution in [0.2, 0.25) is 0 Å². The van der Waals surface area contributed by atoms with Gasteiger partial charge in [-0.3, -0.25) is 0 Å². The molecule has 1 aliphatic heterocycles. The average Bonchev–Trinajstić information content (AvgIpc) is 2.27. The van der Waals surface area contributed by atoms with Gasteiger partial charge >= 0.3 is 12.2 Å². The molecule has 0 radical (unpaired) electrons. The molecule has 0 aromatic rings. The number of likely N-dealkylation sites (tertiary alicyclic amines) is 1. The van der Waals surface area contributed by atoms with E-state index in [4.69, 9.17) is 4.74 Å². The molecule has 0 saturated carbocycles. The van der Waals surface area contributed by atoms with Crippen molar-refractivity contribution in [2.75, 3.05) is 20.2 Å². The normalized spacial score (nSPS) is 20.2. The third kappa shape index (κ3) is 4.81. The summed E-state index contributed by atoms with van der Waals surface area (Å²) in [6.07, 6.45) is 0.882. The molecule has 0 spiro atoms. The number of carbonyl (C=O) groups excluding carboxylic acids is 2. The van der Waals surface area contributed by atoms with E-state index in [-0.39, 0.29) is 12.1 Å². The number of ether oxygens (including phenoxy) is 2. The Morgan fingerprint density at radius 2 is 2.00 bits per heavy atom. The van der Waals surface area contributed by atoms with Gasteiger partial charge in [0.05, 0.1) is 7.11 Å². The van der Waals surface area contributed by atoms with E-state index < -0.39 is 11.7 Å². The van der Waals surface area contributed by atoms with Gasteiger partial charge in [0, 0.05) is 19.1 Å². The molecule has 1 N–H and O–H groups in total. The Balaban J connectivity index is 2.48. The summed E-state index contributed by atoms with van der Waals surface area (Å²) < 4.78 is 9.84. The predicted molar refractivity (Wildman–Crippen MR) is 66.4 cm³/mol. The smallest absolute Gasteiger partial charge is 0.410 e. The van der Waals surface area contributed by atoms with Crippen molar-refractivity contribution in [3.8, 4) is 0 Å². The molecule has 1 saturated heterocycles. The fraction of sp³-hybridized carbons (Fsp3) is 0.833. The van der Waals surface area contributed by atoms with Crippen LogP contribution in [0, 0.1) is 0 Å². The summed E-state index contributed by atoms with van der Waals surface area (Å²) in [4.78, 5) is 24.6. The molecule has 1 heterocycles. The van der Waals surface area contributed by atoms with Crippen LogP contribution in [-0.2, 0) is 9.47 Å². The number of piperidine rings is 1. The summed E-state index contributed by atoms with van der Waals surface area (Å²) in [6, 6.07) is -0.0706. The Morgan fingerprint density at radius 1 is 1.33 bits per heavy atom. The summed E-state index contributed by atoms with van der Waals surface area (Å²) in [7, 11) is 1.32. The van der Waals surface area contributed by atoms with E-state index in [2.05, 4.69) is 10.1 Å². The quantitative estimate of drug-likeness (QED) is 0.778. The van der Waals surface area contributed by atoms with E-state index >= 15 is 0 Å². The van der Waals surface area contributed by atoms with Crippen molar-refractivity contribution in [3.05, 3.63) is 0 Å². The monoisotopic (exact) mass is 258 g/mol. The number of carbonyl (C=O) groups is 2. The molecule has 1 aliphatic rings. The van der Waals surface area contributed by atoms with Crippen LogP contribution in [0.1, 0.15) is 33.6 Å². The van der Waals surface area contributed by atoms with Crippen LogP contribution in [-0.4, -0.2) is 48.9 Å². The number of nitrogens with zero attached hydrogens (tertiary/aromatic N) is 1. The van der Waals surface area contributed by atoms with Gasteiger partial charge in [-0.05, 0) is 33.6 Å². The Morgan fingerprint density at radius 3 is 2.56 bits per heavy atom. The minimum Gasteiger partial charge on any atom is -0.453 e. The SMILES string of the molecule is COC(=O)N[C@@H]1CCCN(C(=O)OC(C)(C)C)C1. The van der Waals surface area contributed by atoms with Gasteiger partial charge in [-0.15, -0.1) is 0 Å². The van der Waals surface area contributed by atoms with Crippen LogP contribution >= 0.6 is 0 Å². The van der Waals surface area contributed by atoms with Gasteiger partial charge in [-0.25, -0.2) is 9.59 Å². The molecule has 0 aromatic heterocycles. The van der Waals surface area contributed by atoms with E-state index in [0.29, 0.717) is 13.1 Å². The van der Waals surface area contributed by atoms with Crippen LogP contribution in [0.25, 0.3) is 0 Å². The highest BCUT2D eigenvalue weighted by molar-refractivity contribution is 5.69. The van der Waals surface area contributed by atoms with Crippen molar-refractivity contribution in [1.29, 1.82) is 0 Å². The number of hydrogen-bond donors (Lipinski definition) is 1. The molecule has 1 rings (SSSR count). The van der Waals surface area contributed by atoms with Crippen LogP contribution < -0.4 is 5.32 Å². The van der Waals surface area contributed by atoms with Gasteiger partial charge < -0.3 is 19.7 Å². The van der Waals surface area contributed by atoms with Crippen LogP contribution in [0.3, 0.4) is 0 Å². The minimum absolute atomic E-state index is 0.0706. The summed E-state index contributed by atoms with van der Waals surface area (Å²) >= 11 is 0. The number of rotatable bonds is 1. The van der Waals surface area contributed by atoms with Crippen molar-refractivity contribution in [2.45, 2.75) is 45.3 Å². The molecular formula is C12H22N2O4. The molecule has 18 heavy (non-hydrogen) atoms.